The smallest absolute Gasteiger partial charge is 0.161 e. The number of hydrogen-bond donors (Lipinski definition) is 0. The first-order chi connectivity index (χ1) is 26.5. The highest BCUT2D eigenvalue weighted by molar-refractivity contribution is 7.25. The van der Waals surface area contributed by atoms with Gasteiger partial charge in [0.25, 0.3) is 0 Å². The van der Waals surface area contributed by atoms with Crippen molar-refractivity contribution in [2.75, 3.05) is 0 Å². The van der Waals surface area contributed by atoms with E-state index in [9.17, 15) is 0 Å². The second-order valence-corrected chi connectivity index (χ2v) is 16.0. The summed E-state index contributed by atoms with van der Waals surface area (Å²) in [5.41, 5.74) is 12.9. The number of thiophene rings is 1. The number of fused-ring (bicyclic) bond motifs is 9. The lowest BCUT2D eigenvalue weighted by Crippen LogP contribution is -2.14. The molecule has 2 aromatic heterocycles. The third-order valence-corrected chi connectivity index (χ3v) is 12.7. The van der Waals surface area contributed by atoms with E-state index in [4.69, 9.17) is 9.97 Å². The molecule has 54 heavy (non-hydrogen) atoms. The molecule has 0 N–H and O–H groups in total. The Morgan fingerprint density at radius 1 is 0.426 bits per heavy atom. The van der Waals surface area contributed by atoms with E-state index in [0.717, 1.165) is 39.3 Å². The van der Waals surface area contributed by atoms with Gasteiger partial charge in [0.2, 0.25) is 0 Å². The van der Waals surface area contributed by atoms with Crippen LogP contribution in [0.3, 0.4) is 0 Å². The highest BCUT2D eigenvalue weighted by Gasteiger charge is 2.36. The Balaban J connectivity index is 1.12. The van der Waals surface area contributed by atoms with Gasteiger partial charge in [-0.05, 0) is 85.3 Å². The molecular weight excluding hydrogens is 673 g/mol. The van der Waals surface area contributed by atoms with Gasteiger partial charge in [-0.1, -0.05) is 153 Å². The Labute approximate surface area is 318 Å². The Morgan fingerprint density at radius 3 is 1.94 bits per heavy atom. The van der Waals surface area contributed by atoms with Crippen molar-refractivity contribution >= 4 is 53.1 Å². The van der Waals surface area contributed by atoms with Crippen molar-refractivity contribution in [1.82, 2.24) is 9.97 Å². The van der Waals surface area contributed by atoms with Crippen LogP contribution in [0.5, 0.6) is 0 Å². The molecule has 0 unspecified atom stereocenters. The largest absolute Gasteiger partial charge is 0.228 e. The molecule has 2 heterocycles. The lowest BCUT2D eigenvalue weighted by molar-refractivity contribution is 0.661. The van der Waals surface area contributed by atoms with E-state index in [1.807, 2.05) is 11.3 Å². The van der Waals surface area contributed by atoms with Crippen molar-refractivity contribution in [3.63, 3.8) is 0 Å². The van der Waals surface area contributed by atoms with Crippen LogP contribution in [0.15, 0.2) is 170 Å². The number of hydrogen-bond acceptors (Lipinski definition) is 3. The van der Waals surface area contributed by atoms with Crippen LogP contribution in [0.4, 0.5) is 0 Å². The maximum atomic E-state index is 5.40. The summed E-state index contributed by atoms with van der Waals surface area (Å²) >= 11 is 1.83. The second kappa shape index (κ2) is 11.8. The molecule has 11 rings (SSSR count). The molecule has 0 spiro atoms. The van der Waals surface area contributed by atoms with Crippen molar-refractivity contribution < 1.29 is 0 Å². The molecule has 0 radical (unpaired) electrons. The van der Waals surface area contributed by atoms with E-state index in [1.165, 1.54) is 69.7 Å². The summed E-state index contributed by atoms with van der Waals surface area (Å²) < 4.78 is 2.55. The van der Waals surface area contributed by atoms with Crippen LogP contribution < -0.4 is 0 Å². The van der Waals surface area contributed by atoms with Gasteiger partial charge in [0.15, 0.2) is 5.82 Å². The Kier molecular flexibility index (Phi) is 6.80. The molecule has 0 saturated carbocycles. The van der Waals surface area contributed by atoms with Crippen molar-refractivity contribution in [3.8, 4) is 56.2 Å². The molecule has 1 aliphatic carbocycles. The van der Waals surface area contributed by atoms with Gasteiger partial charge in [-0.15, -0.1) is 11.3 Å². The first kappa shape index (κ1) is 31.1. The SMILES string of the molecule is CC1(C)c2ccc(-c3ccc(-c4nc(-c5ccccc5)cc(-c5cccc6sc7ccccc7c56)n4)c4ccccc34)cc2-c2c1ccc1ccccc21. The predicted octanol–water partition coefficient (Wildman–Crippen LogP) is 14.1. The lowest BCUT2D eigenvalue weighted by atomic mass is 9.81. The summed E-state index contributed by atoms with van der Waals surface area (Å²) in [6.45, 7) is 4.71. The van der Waals surface area contributed by atoms with Crippen LogP contribution in [0.25, 0.3) is 97.9 Å². The van der Waals surface area contributed by atoms with E-state index >= 15 is 0 Å². The maximum absolute atomic E-state index is 5.40. The molecule has 10 aromatic rings. The monoisotopic (exact) mass is 706 g/mol. The molecule has 254 valence electrons. The Morgan fingerprint density at radius 2 is 1.09 bits per heavy atom. The molecular formula is C51H34N2S. The molecule has 0 fully saturated rings. The lowest BCUT2D eigenvalue weighted by Gasteiger charge is -2.21. The summed E-state index contributed by atoms with van der Waals surface area (Å²) in [5.74, 6) is 0.724. The molecule has 8 aromatic carbocycles. The first-order valence-electron chi connectivity index (χ1n) is 18.6. The summed E-state index contributed by atoms with van der Waals surface area (Å²) in [5, 5.41) is 7.43. The molecule has 0 saturated heterocycles. The van der Waals surface area contributed by atoms with Gasteiger partial charge in [-0.3, -0.25) is 0 Å². The zero-order chi connectivity index (χ0) is 36.0. The van der Waals surface area contributed by atoms with Gasteiger partial charge in [-0.2, -0.15) is 0 Å². The fourth-order valence-electron chi connectivity index (χ4n) is 8.89. The van der Waals surface area contributed by atoms with E-state index in [-0.39, 0.29) is 5.41 Å². The molecule has 0 bridgehead atoms. The van der Waals surface area contributed by atoms with Gasteiger partial charge in [-0.25, -0.2) is 9.97 Å². The third kappa shape index (κ3) is 4.65. The summed E-state index contributed by atoms with van der Waals surface area (Å²) in [6.07, 6.45) is 0. The average Bonchev–Trinajstić information content (AvgIpc) is 3.72. The van der Waals surface area contributed by atoms with Crippen molar-refractivity contribution in [2.45, 2.75) is 19.3 Å². The standard InChI is InChI=1S/C51H34N2S/c1-51(2)42-27-24-33(29-41(42)48-35-16-7-6-13-31(35)23-28-43(48)51)34-25-26-38(37-18-9-8-17-36(34)37)50-52-44(32-14-4-3-5-15-32)30-45(53-50)39-20-12-22-47-49(39)40-19-10-11-21-46(40)54-47/h3-30H,1-2H3. The normalized spacial score (nSPS) is 13.1. The number of nitrogens with zero attached hydrogens (tertiary/aromatic N) is 2. The zero-order valence-electron chi connectivity index (χ0n) is 30.0. The van der Waals surface area contributed by atoms with Crippen LogP contribution in [-0.2, 0) is 5.41 Å². The third-order valence-electron chi connectivity index (χ3n) is 11.5. The van der Waals surface area contributed by atoms with Crippen LogP contribution in [0, 0.1) is 0 Å². The van der Waals surface area contributed by atoms with Crippen LogP contribution >= 0.6 is 11.3 Å². The Bertz CT molecular complexity index is 3130. The van der Waals surface area contributed by atoms with Gasteiger partial charge in [0.1, 0.15) is 0 Å². The first-order valence-corrected chi connectivity index (χ1v) is 19.4. The molecule has 0 atom stereocenters. The Hall–Kier alpha value is -6.42. The van der Waals surface area contributed by atoms with Gasteiger partial charge >= 0.3 is 0 Å². The zero-order valence-corrected chi connectivity index (χ0v) is 30.8. The average molecular weight is 707 g/mol. The molecule has 1 aliphatic rings. The summed E-state index contributed by atoms with van der Waals surface area (Å²) in [7, 11) is 0. The topological polar surface area (TPSA) is 25.8 Å². The van der Waals surface area contributed by atoms with Crippen molar-refractivity contribution in [1.29, 1.82) is 0 Å². The van der Waals surface area contributed by atoms with E-state index < -0.39 is 0 Å². The maximum Gasteiger partial charge on any atom is 0.161 e. The number of rotatable bonds is 4. The number of benzene rings is 8. The van der Waals surface area contributed by atoms with E-state index in [1.54, 1.807) is 0 Å². The van der Waals surface area contributed by atoms with Gasteiger partial charge in [0.05, 0.1) is 11.4 Å². The molecule has 2 nitrogen and oxygen atoms in total. The minimum absolute atomic E-state index is 0.0718. The fraction of sp³-hybridized carbons (Fsp3) is 0.0588. The van der Waals surface area contributed by atoms with Crippen LogP contribution in [-0.4, -0.2) is 9.97 Å². The summed E-state index contributed by atoms with van der Waals surface area (Å²) in [6, 6.07) is 61.6. The van der Waals surface area contributed by atoms with E-state index in [2.05, 4.69) is 184 Å². The molecule has 0 aliphatic heterocycles. The molecule has 0 amide bonds. The second-order valence-electron chi connectivity index (χ2n) is 14.9. The highest BCUT2D eigenvalue weighted by atomic mass is 32.1. The highest BCUT2D eigenvalue weighted by Crippen LogP contribution is 2.52. The van der Waals surface area contributed by atoms with E-state index in [0.29, 0.717) is 0 Å². The predicted molar refractivity (Wildman–Crippen MR) is 229 cm³/mol. The van der Waals surface area contributed by atoms with Crippen LogP contribution in [0.1, 0.15) is 25.0 Å². The quantitative estimate of drug-likeness (QED) is 0.182. The van der Waals surface area contributed by atoms with Crippen molar-refractivity contribution in [3.05, 3.63) is 181 Å². The fourth-order valence-corrected chi connectivity index (χ4v) is 10.0. The van der Waals surface area contributed by atoms with Gasteiger partial charge in [0, 0.05) is 42.3 Å². The van der Waals surface area contributed by atoms with Crippen molar-refractivity contribution in [2.24, 2.45) is 0 Å². The molecule has 3 heteroatoms. The minimum Gasteiger partial charge on any atom is -0.228 e. The number of aromatic nitrogens is 2. The van der Waals surface area contributed by atoms with Gasteiger partial charge < -0.3 is 0 Å². The summed E-state index contributed by atoms with van der Waals surface area (Å²) in [4.78, 5) is 10.7. The van der Waals surface area contributed by atoms with Crippen LogP contribution in [0.2, 0.25) is 0 Å². The minimum atomic E-state index is -0.0718.